The molecule has 2 aromatic rings. The summed E-state index contributed by atoms with van der Waals surface area (Å²) in [4.78, 5) is 6.29. The second-order valence-electron chi connectivity index (χ2n) is 6.18. The number of rotatable bonds is 5. The highest BCUT2D eigenvalue weighted by Crippen LogP contribution is 2.33. The van der Waals surface area contributed by atoms with Gasteiger partial charge in [0.1, 0.15) is 5.01 Å². The summed E-state index contributed by atoms with van der Waals surface area (Å²) < 4.78 is 0. The third-order valence-corrected chi connectivity index (χ3v) is 5.29. The van der Waals surface area contributed by atoms with Gasteiger partial charge in [0.2, 0.25) is 0 Å². The first-order chi connectivity index (χ1) is 9.43. The van der Waals surface area contributed by atoms with E-state index in [1.165, 1.54) is 21.1 Å². The zero-order valence-electron chi connectivity index (χ0n) is 13.0. The molecular formula is C16H24N2S2. The van der Waals surface area contributed by atoms with Gasteiger partial charge in [0.15, 0.2) is 0 Å². The van der Waals surface area contributed by atoms with E-state index in [0.29, 0.717) is 0 Å². The van der Waals surface area contributed by atoms with Crippen molar-refractivity contribution in [1.29, 1.82) is 0 Å². The smallest absolute Gasteiger partial charge is 0.115 e. The lowest BCUT2D eigenvalue weighted by Gasteiger charge is -2.17. The van der Waals surface area contributed by atoms with Crippen molar-refractivity contribution < 1.29 is 0 Å². The van der Waals surface area contributed by atoms with Crippen molar-refractivity contribution in [2.75, 3.05) is 6.54 Å². The van der Waals surface area contributed by atoms with E-state index >= 15 is 0 Å². The molecule has 2 nitrogen and oxygen atoms in total. The second-order valence-corrected chi connectivity index (χ2v) is 8.01. The number of aryl methyl sites for hydroxylation is 1. The maximum Gasteiger partial charge on any atom is 0.115 e. The molecule has 0 aliphatic carbocycles. The molecule has 1 unspecified atom stereocenters. The van der Waals surface area contributed by atoms with Crippen molar-refractivity contribution in [3.05, 3.63) is 38.0 Å². The van der Waals surface area contributed by atoms with Crippen LogP contribution in [0.2, 0.25) is 0 Å². The predicted octanol–water partition coefficient (Wildman–Crippen LogP) is 4.90. The summed E-state index contributed by atoms with van der Waals surface area (Å²) in [6, 6.07) is 2.44. The molecule has 20 heavy (non-hydrogen) atoms. The van der Waals surface area contributed by atoms with Crippen LogP contribution in [0.5, 0.6) is 0 Å². The Morgan fingerprint density at radius 1 is 1.30 bits per heavy atom. The minimum atomic E-state index is 0.120. The Bertz CT molecular complexity index is 549. The van der Waals surface area contributed by atoms with Crippen molar-refractivity contribution in [1.82, 2.24) is 10.3 Å². The highest BCUT2D eigenvalue weighted by Gasteiger charge is 2.23. The van der Waals surface area contributed by atoms with Gasteiger partial charge in [-0.15, -0.1) is 22.7 Å². The molecule has 0 aliphatic heterocycles. The van der Waals surface area contributed by atoms with Crippen LogP contribution < -0.4 is 5.32 Å². The molecule has 1 N–H and O–H groups in total. The van der Waals surface area contributed by atoms with Crippen LogP contribution in [0.1, 0.15) is 61.3 Å². The molecule has 0 saturated heterocycles. The lowest BCUT2D eigenvalue weighted by molar-refractivity contribution is 0.559. The van der Waals surface area contributed by atoms with Gasteiger partial charge < -0.3 is 5.32 Å². The van der Waals surface area contributed by atoms with Crippen LogP contribution in [-0.4, -0.2) is 11.5 Å². The first-order valence-electron chi connectivity index (χ1n) is 7.16. The van der Waals surface area contributed by atoms with Gasteiger partial charge in [0.25, 0.3) is 0 Å². The summed E-state index contributed by atoms with van der Waals surface area (Å²) in [5, 5.41) is 9.22. The summed E-state index contributed by atoms with van der Waals surface area (Å²) in [7, 11) is 0. The van der Waals surface area contributed by atoms with Crippen molar-refractivity contribution in [3.63, 3.8) is 0 Å². The van der Waals surface area contributed by atoms with Crippen LogP contribution in [0.3, 0.4) is 0 Å². The second kappa shape index (κ2) is 6.37. The topological polar surface area (TPSA) is 24.9 Å². The summed E-state index contributed by atoms with van der Waals surface area (Å²) >= 11 is 3.60. The van der Waals surface area contributed by atoms with E-state index in [4.69, 9.17) is 4.98 Å². The Hall–Kier alpha value is -0.710. The molecule has 0 radical (unpaired) electrons. The fraction of sp³-hybridized carbons (Fsp3) is 0.562. The van der Waals surface area contributed by atoms with Gasteiger partial charge in [0.05, 0.1) is 11.7 Å². The molecule has 0 saturated carbocycles. The molecule has 0 bridgehead atoms. The Balaban J connectivity index is 2.32. The summed E-state index contributed by atoms with van der Waals surface area (Å²) in [6.07, 6.45) is 1.14. The molecule has 110 valence electrons. The Morgan fingerprint density at radius 2 is 2.05 bits per heavy atom. The number of nitrogens with one attached hydrogen (secondary N) is 1. The molecule has 0 aliphatic rings. The Morgan fingerprint density at radius 3 is 2.55 bits per heavy atom. The van der Waals surface area contributed by atoms with E-state index < -0.39 is 0 Å². The first kappa shape index (κ1) is 15.7. The number of hydrogen-bond donors (Lipinski definition) is 1. The molecule has 2 aromatic heterocycles. The number of nitrogens with zero attached hydrogens (tertiary/aromatic N) is 1. The highest BCUT2D eigenvalue weighted by atomic mass is 32.1. The molecule has 2 heterocycles. The van der Waals surface area contributed by atoms with Crippen LogP contribution in [0.15, 0.2) is 16.8 Å². The van der Waals surface area contributed by atoms with Crippen LogP contribution in [0.25, 0.3) is 0 Å². The van der Waals surface area contributed by atoms with E-state index in [9.17, 15) is 0 Å². The Labute approximate surface area is 130 Å². The van der Waals surface area contributed by atoms with E-state index in [1.54, 1.807) is 11.3 Å². The number of hydrogen-bond acceptors (Lipinski definition) is 4. The van der Waals surface area contributed by atoms with E-state index in [1.807, 2.05) is 11.3 Å². The quantitative estimate of drug-likeness (QED) is 0.850. The fourth-order valence-corrected chi connectivity index (χ4v) is 4.23. The monoisotopic (exact) mass is 308 g/mol. The molecule has 4 heteroatoms. The summed E-state index contributed by atoms with van der Waals surface area (Å²) in [6.45, 7) is 12.1. The number of thiazole rings is 1. The maximum absolute atomic E-state index is 4.89. The van der Waals surface area contributed by atoms with Gasteiger partial charge in [-0.1, -0.05) is 27.7 Å². The van der Waals surface area contributed by atoms with Gasteiger partial charge in [-0.25, -0.2) is 4.98 Å². The fourth-order valence-electron chi connectivity index (χ4n) is 2.03. The van der Waals surface area contributed by atoms with Crippen molar-refractivity contribution in [2.24, 2.45) is 0 Å². The van der Waals surface area contributed by atoms with E-state index in [-0.39, 0.29) is 11.5 Å². The maximum atomic E-state index is 4.89. The predicted molar refractivity (Wildman–Crippen MR) is 90.0 cm³/mol. The van der Waals surface area contributed by atoms with Gasteiger partial charge in [-0.2, -0.15) is 0 Å². The minimum Gasteiger partial charge on any atom is -0.304 e. The van der Waals surface area contributed by atoms with Crippen molar-refractivity contribution in [2.45, 2.75) is 52.5 Å². The van der Waals surface area contributed by atoms with Gasteiger partial charge in [0, 0.05) is 15.7 Å². The molecule has 0 amide bonds. The summed E-state index contributed by atoms with van der Waals surface area (Å²) in [5.74, 6) is 0. The largest absolute Gasteiger partial charge is 0.304 e. The van der Waals surface area contributed by atoms with Gasteiger partial charge >= 0.3 is 0 Å². The summed E-state index contributed by atoms with van der Waals surface area (Å²) in [5.41, 5.74) is 2.67. The normalized spacial score (nSPS) is 13.7. The van der Waals surface area contributed by atoms with Gasteiger partial charge in [-0.3, -0.25) is 0 Å². The van der Waals surface area contributed by atoms with Crippen LogP contribution in [-0.2, 0) is 5.41 Å². The lowest BCUT2D eigenvalue weighted by Crippen LogP contribution is -2.23. The van der Waals surface area contributed by atoms with Gasteiger partial charge in [-0.05, 0) is 36.9 Å². The zero-order chi connectivity index (χ0) is 14.8. The SMILES string of the molecule is CCCNC(c1nc(C(C)(C)C)cs1)c1sccc1C. The molecule has 2 rings (SSSR count). The number of thiophene rings is 1. The van der Waals surface area contributed by atoms with Crippen molar-refractivity contribution in [3.8, 4) is 0 Å². The van der Waals surface area contributed by atoms with Crippen LogP contribution >= 0.6 is 22.7 Å². The van der Waals surface area contributed by atoms with Crippen molar-refractivity contribution >= 4 is 22.7 Å². The average Bonchev–Trinajstić information content (AvgIpc) is 2.99. The molecule has 1 atom stereocenters. The standard InChI is InChI=1S/C16H24N2S2/c1-6-8-17-13(14-11(2)7-9-19-14)15-18-12(10-20-15)16(3,4)5/h7,9-10,13,17H,6,8H2,1-5H3. The zero-order valence-corrected chi connectivity index (χ0v) is 14.6. The van der Waals surface area contributed by atoms with E-state index in [2.05, 4.69) is 56.8 Å². The molecule has 0 aromatic carbocycles. The minimum absolute atomic E-state index is 0.120. The van der Waals surface area contributed by atoms with Crippen LogP contribution in [0, 0.1) is 6.92 Å². The molecule has 0 spiro atoms. The average molecular weight is 309 g/mol. The molecular weight excluding hydrogens is 284 g/mol. The highest BCUT2D eigenvalue weighted by molar-refractivity contribution is 7.11. The first-order valence-corrected chi connectivity index (χ1v) is 8.92. The lowest BCUT2D eigenvalue weighted by atomic mass is 9.93. The Kier molecular flexibility index (Phi) is 4.99. The third-order valence-electron chi connectivity index (χ3n) is 3.30. The number of aromatic nitrogens is 1. The van der Waals surface area contributed by atoms with E-state index in [0.717, 1.165) is 13.0 Å². The molecule has 0 fully saturated rings. The third kappa shape index (κ3) is 3.48. The van der Waals surface area contributed by atoms with Crippen LogP contribution in [0.4, 0.5) is 0 Å².